The second kappa shape index (κ2) is 3.92. The van der Waals surface area contributed by atoms with Gasteiger partial charge in [-0.1, -0.05) is 12.1 Å². The molecule has 0 bridgehead atoms. The molecule has 0 atom stereocenters. The van der Waals surface area contributed by atoms with Gasteiger partial charge in [-0.05, 0) is 40.2 Å². The molecule has 84 valence electrons. The summed E-state index contributed by atoms with van der Waals surface area (Å²) in [6.07, 6.45) is 1.76. The Hall–Kier alpha value is -1.75. The summed E-state index contributed by atoms with van der Waals surface area (Å²) in [4.78, 5) is 4.21. The third-order valence-corrected chi connectivity index (χ3v) is 2.79. The van der Waals surface area contributed by atoms with Gasteiger partial charge in [0.25, 0.3) is 0 Å². The van der Waals surface area contributed by atoms with E-state index in [2.05, 4.69) is 26.0 Å². The van der Waals surface area contributed by atoms with Crippen molar-refractivity contribution in [2.45, 2.75) is 0 Å². The van der Waals surface area contributed by atoms with Crippen LogP contribution in [0, 0.1) is 5.82 Å². The van der Waals surface area contributed by atoms with Crippen molar-refractivity contribution in [1.29, 1.82) is 0 Å². The molecule has 3 nitrogen and oxygen atoms in total. The average molecular weight is 292 g/mol. The van der Waals surface area contributed by atoms with E-state index >= 15 is 0 Å². The van der Waals surface area contributed by atoms with E-state index in [0.717, 1.165) is 15.8 Å². The van der Waals surface area contributed by atoms with E-state index in [1.54, 1.807) is 16.8 Å². The molecule has 3 rings (SSSR count). The van der Waals surface area contributed by atoms with Gasteiger partial charge in [0.1, 0.15) is 10.4 Å². The lowest BCUT2D eigenvalue weighted by molar-refractivity contribution is 0.628. The van der Waals surface area contributed by atoms with Crippen molar-refractivity contribution in [2.75, 3.05) is 0 Å². The maximum atomic E-state index is 13.1. The molecule has 0 saturated carbocycles. The SMILES string of the molecule is Fc1cccc(-c2ccc3nc(Br)cn3n2)c1. The molecule has 0 fully saturated rings. The van der Waals surface area contributed by atoms with Crippen LogP contribution in [0.5, 0.6) is 0 Å². The topological polar surface area (TPSA) is 30.2 Å². The number of nitrogens with zero attached hydrogens (tertiary/aromatic N) is 3. The highest BCUT2D eigenvalue weighted by molar-refractivity contribution is 9.10. The standard InChI is InChI=1S/C12H7BrFN3/c13-11-7-17-12(15-11)5-4-10(16-17)8-2-1-3-9(14)6-8/h1-7H. The third kappa shape index (κ3) is 1.93. The minimum atomic E-state index is -0.267. The van der Waals surface area contributed by atoms with Crippen molar-refractivity contribution >= 4 is 21.6 Å². The molecule has 3 aromatic rings. The smallest absolute Gasteiger partial charge is 0.154 e. The Kier molecular flexibility index (Phi) is 2.40. The summed E-state index contributed by atoms with van der Waals surface area (Å²) in [6, 6.07) is 10.0. The van der Waals surface area contributed by atoms with Crippen LogP contribution in [0.4, 0.5) is 4.39 Å². The summed E-state index contributed by atoms with van der Waals surface area (Å²) >= 11 is 3.29. The van der Waals surface area contributed by atoms with Crippen molar-refractivity contribution in [3.63, 3.8) is 0 Å². The largest absolute Gasteiger partial charge is 0.220 e. The molecule has 0 spiro atoms. The number of imidazole rings is 1. The minimum absolute atomic E-state index is 0.267. The first-order chi connectivity index (χ1) is 8.22. The summed E-state index contributed by atoms with van der Waals surface area (Å²) in [7, 11) is 0. The van der Waals surface area contributed by atoms with Crippen LogP contribution in [0.3, 0.4) is 0 Å². The van der Waals surface area contributed by atoms with E-state index in [9.17, 15) is 4.39 Å². The molecular weight excluding hydrogens is 285 g/mol. The van der Waals surface area contributed by atoms with Crippen LogP contribution < -0.4 is 0 Å². The highest BCUT2D eigenvalue weighted by atomic mass is 79.9. The van der Waals surface area contributed by atoms with Gasteiger partial charge in [0.2, 0.25) is 0 Å². The number of fused-ring (bicyclic) bond motifs is 1. The lowest BCUT2D eigenvalue weighted by Gasteiger charge is -2.01. The third-order valence-electron chi connectivity index (χ3n) is 2.41. The molecular formula is C12H7BrFN3. The Labute approximate surface area is 105 Å². The van der Waals surface area contributed by atoms with Crippen LogP contribution in [-0.4, -0.2) is 14.6 Å². The molecule has 1 aromatic carbocycles. The van der Waals surface area contributed by atoms with Crippen molar-refractivity contribution in [3.8, 4) is 11.3 Å². The second-order valence-corrected chi connectivity index (χ2v) is 4.41. The summed E-state index contributed by atoms with van der Waals surface area (Å²) in [5.41, 5.74) is 2.20. The quantitative estimate of drug-likeness (QED) is 0.689. The molecule has 0 saturated heterocycles. The predicted octanol–water partition coefficient (Wildman–Crippen LogP) is 3.30. The van der Waals surface area contributed by atoms with Gasteiger partial charge in [-0.15, -0.1) is 0 Å². The zero-order valence-corrected chi connectivity index (χ0v) is 10.2. The molecule has 0 radical (unpaired) electrons. The van der Waals surface area contributed by atoms with Crippen molar-refractivity contribution in [1.82, 2.24) is 14.6 Å². The van der Waals surface area contributed by atoms with Crippen LogP contribution in [0.2, 0.25) is 0 Å². The molecule has 0 aliphatic carbocycles. The Morgan fingerprint density at radius 3 is 2.88 bits per heavy atom. The zero-order valence-electron chi connectivity index (χ0n) is 8.64. The van der Waals surface area contributed by atoms with Gasteiger partial charge in [-0.3, -0.25) is 0 Å². The number of halogens is 2. The first kappa shape index (κ1) is 10.4. The summed E-state index contributed by atoms with van der Waals surface area (Å²) in [5.74, 6) is -0.267. The summed E-state index contributed by atoms with van der Waals surface area (Å²) < 4.78 is 15.5. The first-order valence-corrected chi connectivity index (χ1v) is 5.79. The Bertz CT molecular complexity index is 693. The molecule has 0 aliphatic rings. The summed E-state index contributed by atoms with van der Waals surface area (Å²) in [5, 5.41) is 4.36. The van der Waals surface area contributed by atoms with E-state index in [1.807, 2.05) is 18.2 Å². The fourth-order valence-corrected chi connectivity index (χ4v) is 2.03. The van der Waals surface area contributed by atoms with E-state index in [0.29, 0.717) is 5.69 Å². The number of hydrogen-bond donors (Lipinski definition) is 0. The number of aromatic nitrogens is 3. The highest BCUT2D eigenvalue weighted by Gasteiger charge is 2.04. The molecule has 17 heavy (non-hydrogen) atoms. The Balaban J connectivity index is 2.17. The van der Waals surface area contributed by atoms with Gasteiger partial charge in [0.15, 0.2) is 5.65 Å². The van der Waals surface area contributed by atoms with Gasteiger partial charge in [-0.2, -0.15) is 5.10 Å². The van der Waals surface area contributed by atoms with E-state index in [-0.39, 0.29) is 5.82 Å². The zero-order chi connectivity index (χ0) is 11.8. The Morgan fingerprint density at radius 1 is 1.18 bits per heavy atom. The fraction of sp³-hybridized carbons (Fsp3) is 0. The van der Waals surface area contributed by atoms with E-state index in [4.69, 9.17) is 0 Å². The van der Waals surface area contributed by atoms with Crippen LogP contribution >= 0.6 is 15.9 Å². The van der Waals surface area contributed by atoms with Crippen molar-refractivity contribution in [2.24, 2.45) is 0 Å². The maximum Gasteiger partial charge on any atom is 0.154 e. The lowest BCUT2D eigenvalue weighted by atomic mass is 10.1. The molecule has 0 aliphatic heterocycles. The number of benzene rings is 1. The number of rotatable bonds is 1. The predicted molar refractivity (Wildman–Crippen MR) is 66.1 cm³/mol. The summed E-state index contributed by atoms with van der Waals surface area (Å²) in [6.45, 7) is 0. The van der Waals surface area contributed by atoms with Gasteiger partial charge in [0, 0.05) is 5.56 Å². The maximum absolute atomic E-state index is 13.1. The van der Waals surface area contributed by atoms with Gasteiger partial charge in [-0.25, -0.2) is 13.9 Å². The molecule has 5 heteroatoms. The van der Waals surface area contributed by atoms with Crippen molar-refractivity contribution < 1.29 is 4.39 Å². The van der Waals surface area contributed by atoms with Gasteiger partial charge in [0.05, 0.1) is 11.9 Å². The van der Waals surface area contributed by atoms with Crippen LogP contribution in [0.1, 0.15) is 0 Å². The van der Waals surface area contributed by atoms with E-state index < -0.39 is 0 Å². The molecule has 0 amide bonds. The molecule has 0 N–H and O–H groups in total. The average Bonchev–Trinajstić information content (AvgIpc) is 2.68. The van der Waals surface area contributed by atoms with Crippen LogP contribution in [-0.2, 0) is 0 Å². The number of hydrogen-bond acceptors (Lipinski definition) is 2. The monoisotopic (exact) mass is 291 g/mol. The molecule has 0 unspecified atom stereocenters. The Morgan fingerprint density at radius 2 is 2.06 bits per heavy atom. The van der Waals surface area contributed by atoms with Crippen molar-refractivity contribution in [3.05, 3.63) is 53.0 Å². The van der Waals surface area contributed by atoms with Gasteiger partial charge >= 0.3 is 0 Å². The first-order valence-electron chi connectivity index (χ1n) is 5.00. The highest BCUT2D eigenvalue weighted by Crippen LogP contribution is 2.19. The normalized spacial score (nSPS) is 10.9. The van der Waals surface area contributed by atoms with Gasteiger partial charge < -0.3 is 0 Å². The molecule has 2 aromatic heterocycles. The van der Waals surface area contributed by atoms with Crippen LogP contribution in [0.15, 0.2) is 47.2 Å². The second-order valence-electron chi connectivity index (χ2n) is 3.60. The van der Waals surface area contributed by atoms with Crippen LogP contribution in [0.25, 0.3) is 16.9 Å². The molecule has 2 heterocycles. The minimum Gasteiger partial charge on any atom is -0.220 e. The fourth-order valence-electron chi connectivity index (χ4n) is 1.65. The van der Waals surface area contributed by atoms with E-state index in [1.165, 1.54) is 12.1 Å². The lowest BCUT2D eigenvalue weighted by Crippen LogP contribution is -1.93.